The summed E-state index contributed by atoms with van der Waals surface area (Å²) in [6.07, 6.45) is 5.00. The van der Waals surface area contributed by atoms with Crippen molar-refractivity contribution in [3.8, 4) is 0 Å². The smallest absolute Gasteiger partial charge is 0.264 e. The Morgan fingerprint density at radius 2 is 1.55 bits per heavy atom. The summed E-state index contributed by atoms with van der Waals surface area (Å²) in [4.78, 5) is 28.7. The number of carbonyl (C=O) groups excluding carboxylic acids is 2. The minimum Gasteiger partial charge on any atom is -0.352 e. The molecule has 0 aromatic heterocycles. The lowest BCUT2D eigenvalue weighted by atomic mass is 9.95. The highest BCUT2D eigenvalue weighted by Gasteiger charge is 2.33. The van der Waals surface area contributed by atoms with E-state index in [4.69, 9.17) is 0 Å². The van der Waals surface area contributed by atoms with Crippen LogP contribution in [0.5, 0.6) is 0 Å². The number of hydrogen-bond acceptors (Lipinski definition) is 4. The van der Waals surface area contributed by atoms with Crippen LogP contribution in [0.15, 0.2) is 83.8 Å². The zero-order valence-corrected chi connectivity index (χ0v) is 23.7. The molecule has 3 aromatic rings. The van der Waals surface area contributed by atoms with Crippen LogP contribution in [-0.4, -0.2) is 43.8 Å². The molecule has 0 saturated heterocycles. The lowest BCUT2D eigenvalue weighted by Crippen LogP contribution is -2.53. The third-order valence-corrected chi connectivity index (χ3v) is 9.11. The molecule has 40 heavy (non-hydrogen) atoms. The number of nitrogens with one attached hydrogen (secondary N) is 1. The van der Waals surface area contributed by atoms with Gasteiger partial charge in [-0.1, -0.05) is 67.3 Å². The van der Waals surface area contributed by atoms with Gasteiger partial charge in [-0.25, -0.2) is 12.8 Å². The van der Waals surface area contributed by atoms with E-state index < -0.39 is 34.3 Å². The van der Waals surface area contributed by atoms with Gasteiger partial charge < -0.3 is 10.2 Å². The lowest BCUT2D eigenvalue weighted by molar-refractivity contribution is -0.139. The molecule has 7 nitrogen and oxygen atoms in total. The molecule has 9 heteroatoms. The summed E-state index contributed by atoms with van der Waals surface area (Å²) < 4.78 is 42.3. The third kappa shape index (κ3) is 7.27. The van der Waals surface area contributed by atoms with Crippen LogP contribution in [0.25, 0.3) is 0 Å². The summed E-state index contributed by atoms with van der Waals surface area (Å²) in [5.74, 6) is -1.26. The number of para-hydroxylation sites is 1. The average Bonchev–Trinajstić information content (AvgIpc) is 2.96. The van der Waals surface area contributed by atoms with Crippen molar-refractivity contribution in [1.29, 1.82) is 0 Å². The van der Waals surface area contributed by atoms with E-state index >= 15 is 0 Å². The van der Waals surface area contributed by atoms with E-state index in [0.717, 1.165) is 42.0 Å². The van der Waals surface area contributed by atoms with E-state index in [0.29, 0.717) is 11.3 Å². The number of amides is 2. The van der Waals surface area contributed by atoms with E-state index in [9.17, 15) is 22.4 Å². The molecule has 0 spiro atoms. The average molecular weight is 566 g/mol. The van der Waals surface area contributed by atoms with E-state index in [1.807, 2.05) is 6.92 Å². The Labute approximate surface area is 236 Å². The maximum absolute atomic E-state index is 13.9. The van der Waals surface area contributed by atoms with Gasteiger partial charge in [0.05, 0.1) is 10.6 Å². The number of anilines is 1. The van der Waals surface area contributed by atoms with Crippen LogP contribution in [0.4, 0.5) is 10.1 Å². The van der Waals surface area contributed by atoms with Crippen molar-refractivity contribution in [1.82, 2.24) is 10.2 Å². The molecule has 1 saturated carbocycles. The van der Waals surface area contributed by atoms with Crippen LogP contribution in [0.2, 0.25) is 0 Å². The number of carbonyl (C=O) groups is 2. The van der Waals surface area contributed by atoms with Crippen molar-refractivity contribution < 1.29 is 22.4 Å². The lowest BCUT2D eigenvalue weighted by Gasteiger charge is -2.33. The van der Waals surface area contributed by atoms with Gasteiger partial charge >= 0.3 is 0 Å². The van der Waals surface area contributed by atoms with Crippen molar-refractivity contribution >= 4 is 27.5 Å². The van der Waals surface area contributed by atoms with Gasteiger partial charge in [0.25, 0.3) is 10.0 Å². The first-order valence-electron chi connectivity index (χ1n) is 13.6. The minimum absolute atomic E-state index is 0.0194. The van der Waals surface area contributed by atoms with Crippen LogP contribution >= 0.6 is 0 Å². The van der Waals surface area contributed by atoms with Crippen molar-refractivity contribution in [3.05, 3.63) is 95.8 Å². The Morgan fingerprint density at radius 1 is 0.925 bits per heavy atom. The molecular weight excluding hydrogens is 529 g/mol. The van der Waals surface area contributed by atoms with E-state index in [1.165, 1.54) is 29.2 Å². The molecule has 1 fully saturated rings. The minimum atomic E-state index is -4.11. The molecule has 0 bridgehead atoms. The van der Waals surface area contributed by atoms with E-state index in [2.05, 4.69) is 5.32 Å². The molecule has 4 rings (SSSR count). The molecule has 0 radical (unpaired) electrons. The molecule has 0 aliphatic heterocycles. The fraction of sp³-hybridized carbons (Fsp3) is 0.355. The molecule has 0 heterocycles. The number of aryl methyl sites for hydroxylation is 1. The van der Waals surface area contributed by atoms with Crippen LogP contribution in [0.3, 0.4) is 0 Å². The van der Waals surface area contributed by atoms with Crippen LogP contribution in [0, 0.1) is 12.7 Å². The number of rotatable bonds is 10. The molecule has 3 aromatic carbocycles. The maximum atomic E-state index is 13.9. The summed E-state index contributed by atoms with van der Waals surface area (Å²) in [7, 11) is -4.11. The topological polar surface area (TPSA) is 86.8 Å². The van der Waals surface area contributed by atoms with Crippen LogP contribution in [0.1, 0.15) is 50.2 Å². The van der Waals surface area contributed by atoms with Crippen molar-refractivity contribution in [2.75, 3.05) is 10.8 Å². The summed E-state index contributed by atoms with van der Waals surface area (Å²) in [6.45, 7) is 3.01. The predicted molar refractivity (Wildman–Crippen MR) is 154 cm³/mol. The van der Waals surface area contributed by atoms with Crippen molar-refractivity contribution in [2.45, 2.75) is 69.5 Å². The number of sulfonamides is 1. The van der Waals surface area contributed by atoms with Gasteiger partial charge in [0.1, 0.15) is 18.4 Å². The highest BCUT2D eigenvalue weighted by atomic mass is 32.2. The Balaban J connectivity index is 1.65. The maximum Gasteiger partial charge on any atom is 0.264 e. The Hall–Kier alpha value is -3.72. The SMILES string of the molecule is Cc1ccc(S(=O)(=O)N(CC(=O)N(Cc2ccc(F)cc2)C(C)C(=O)NC2CCCCC2)c2ccccc2)cc1. The third-order valence-electron chi connectivity index (χ3n) is 7.32. The van der Waals surface area contributed by atoms with E-state index in [1.54, 1.807) is 61.5 Å². The van der Waals surface area contributed by atoms with Crippen molar-refractivity contribution in [3.63, 3.8) is 0 Å². The van der Waals surface area contributed by atoms with Crippen molar-refractivity contribution in [2.24, 2.45) is 0 Å². The van der Waals surface area contributed by atoms with Gasteiger partial charge in [-0.2, -0.15) is 0 Å². The summed E-state index contributed by atoms with van der Waals surface area (Å²) >= 11 is 0. The Kier molecular flexibility index (Phi) is 9.58. The van der Waals surface area contributed by atoms with Gasteiger partial charge in [-0.15, -0.1) is 0 Å². The number of benzene rings is 3. The zero-order chi connectivity index (χ0) is 28.7. The van der Waals surface area contributed by atoms with Gasteiger partial charge in [0.2, 0.25) is 11.8 Å². The van der Waals surface area contributed by atoms with Gasteiger partial charge in [0, 0.05) is 12.6 Å². The fourth-order valence-electron chi connectivity index (χ4n) is 4.90. The van der Waals surface area contributed by atoms with Crippen LogP contribution in [-0.2, 0) is 26.2 Å². The molecular formula is C31H36FN3O4S. The van der Waals surface area contributed by atoms with Gasteiger partial charge in [-0.3, -0.25) is 13.9 Å². The highest BCUT2D eigenvalue weighted by molar-refractivity contribution is 7.92. The molecule has 1 aliphatic rings. The Morgan fingerprint density at radius 3 is 2.17 bits per heavy atom. The van der Waals surface area contributed by atoms with Gasteiger partial charge in [-0.05, 0) is 68.7 Å². The first kappa shape index (κ1) is 29.3. The summed E-state index contributed by atoms with van der Waals surface area (Å²) in [5, 5.41) is 3.07. The predicted octanol–water partition coefficient (Wildman–Crippen LogP) is 5.20. The fourth-order valence-corrected chi connectivity index (χ4v) is 6.31. The number of hydrogen-bond donors (Lipinski definition) is 1. The highest BCUT2D eigenvalue weighted by Crippen LogP contribution is 2.25. The quantitative estimate of drug-likeness (QED) is 0.366. The second kappa shape index (κ2) is 13.1. The molecule has 1 atom stereocenters. The van der Waals surface area contributed by atoms with Gasteiger partial charge in [0.15, 0.2) is 0 Å². The number of nitrogens with zero attached hydrogens (tertiary/aromatic N) is 2. The summed E-state index contributed by atoms with van der Waals surface area (Å²) in [6, 6.07) is 19.7. The van der Waals surface area contributed by atoms with Crippen LogP contribution < -0.4 is 9.62 Å². The molecule has 212 valence electrons. The first-order chi connectivity index (χ1) is 19.1. The largest absolute Gasteiger partial charge is 0.352 e. The zero-order valence-electron chi connectivity index (χ0n) is 22.9. The van der Waals surface area contributed by atoms with E-state index in [-0.39, 0.29) is 23.4 Å². The summed E-state index contributed by atoms with van der Waals surface area (Å²) in [5.41, 5.74) is 1.86. The molecule has 1 unspecified atom stereocenters. The number of halogens is 1. The normalized spacial score (nSPS) is 14.8. The molecule has 1 N–H and O–H groups in total. The second-order valence-electron chi connectivity index (χ2n) is 10.3. The standard InChI is InChI=1S/C31H36FN3O4S/c1-23-13-19-29(20-14-23)40(38,39)35(28-11-7-4-8-12-28)22-30(36)34(21-25-15-17-26(32)18-16-25)24(2)31(37)33-27-9-5-3-6-10-27/h4,7-8,11-20,24,27H,3,5-6,9-10,21-22H2,1-2H3,(H,33,37). The molecule has 2 amide bonds. The Bertz CT molecular complexity index is 1390. The second-order valence-corrected chi connectivity index (χ2v) is 12.2. The monoisotopic (exact) mass is 565 g/mol. The molecule has 1 aliphatic carbocycles. The first-order valence-corrected chi connectivity index (χ1v) is 15.1.